The minimum Gasteiger partial charge on any atom is -0.481 e. The van der Waals surface area contributed by atoms with Crippen LogP contribution in [0, 0.1) is 11.8 Å². The molecule has 1 aromatic carbocycles. The molecule has 0 aliphatic rings. The normalized spacial score (nSPS) is 10.4. The fourth-order valence-corrected chi connectivity index (χ4v) is 2.71. The Morgan fingerprint density at radius 1 is 1.24 bits per heavy atom. The van der Waals surface area contributed by atoms with E-state index in [-0.39, 0.29) is 24.0 Å². The van der Waals surface area contributed by atoms with Gasteiger partial charge in [-0.15, -0.1) is 0 Å². The van der Waals surface area contributed by atoms with Crippen molar-refractivity contribution in [2.75, 3.05) is 18.5 Å². The second kappa shape index (κ2) is 8.82. The van der Waals surface area contributed by atoms with Crippen LogP contribution in [0.15, 0.2) is 53.7 Å². The summed E-state index contributed by atoms with van der Waals surface area (Å²) in [4.78, 5) is 14.9. The fourth-order valence-electron chi connectivity index (χ4n) is 1.82. The van der Waals surface area contributed by atoms with Crippen molar-refractivity contribution in [3.8, 4) is 17.6 Å². The van der Waals surface area contributed by atoms with E-state index < -0.39 is 10.0 Å². The Kier molecular flexibility index (Phi) is 6.51. The Morgan fingerprint density at radius 3 is 2.80 bits per heavy atom. The van der Waals surface area contributed by atoms with Crippen LogP contribution < -0.4 is 14.8 Å². The lowest BCUT2D eigenvalue weighted by Gasteiger charge is -2.05. The second-order valence-corrected chi connectivity index (χ2v) is 6.63. The van der Waals surface area contributed by atoms with Gasteiger partial charge in [-0.3, -0.25) is 9.78 Å². The molecule has 0 atom stereocenters. The number of sulfonamides is 1. The first-order valence-corrected chi connectivity index (χ1v) is 8.81. The van der Waals surface area contributed by atoms with Crippen LogP contribution in [0.5, 0.6) is 5.75 Å². The highest BCUT2D eigenvalue weighted by molar-refractivity contribution is 7.89. The van der Waals surface area contributed by atoms with Crippen molar-refractivity contribution >= 4 is 21.6 Å². The van der Waals surface area contributed by atoms with E-state index in [1.54, 1.807) is 30.3 Å². The van der Waals surface area contributed by atoms with E-state index in [0.29, 0.717) is 11.4 Å². The molecule has 7 nitrogen and oxygen atoms in total. The lowest BCUT2D eigenvalue weighted by molar-refractivity contribution is -0.114. The van der Waals surface area contributed by atoms with Crippen molar-refractivity contribution < 1.29 is 17.9 Å². The zero-order chi connectivity index (χ0) is 18.1. The molecule has 0 radical (unpaired) electrons. The second-order valence-electron chi connectivity index (χ2n) is 4.86. The first-order valence-electron chi connectivity index (χ1n) is 7.33. The minimum absolute atomic E-state index is 0.0352. The maximum atomic E-state index is 11.9. The Balaban J connectivity index is 1.81. The number of aromatic nitrogens is 1. The van der Waals surface area contributed by atoms with Crippen molar-refractivity contribution in [3.63, 3.8) is 0 Å². The van der Waals surface area contributed by atoms with Crippen LogP contribution in [0.4, 0.5) is 5.69 Å². The van der Waals surface area contributed by atoms with Crippen molar-refractivity contribution in [1.29, 1.82) is 0 Å². The highest BCUT2D eigenvalue weighted by Gasteiger charge is 2.11. The molecule has 1 heterocycles. The first-order chi connectivity index (χ1) is 12.0. The number of hydrogen-bond acceptors (Lipinski definition) is 5. The fraction of sp³-hybridized carbons (Fsp3) is 0.176. The third-order valence-corrected chi connectivity index (χ3v) is 4.27. The van der Waals surface area contributed by atoms with Crippen LogP contribution in [-0.4, -0.2) is 32.5 Å². The summed E-state index contributed by atoms with van der Waals surface area (Å²) in [7, 11) is -3.61. The van der Waals surface area contributed by atoms with Gasteiger partial charge < -0.3 is 10.1 Å². The van der Waals surface area contributed by atoms with E-state index in [4.69, 9.17) is 4.74 Å². The van der Waals surface area contributed by atoms with Gasteiger partial charge in [0.25, 0.3) is 0 Å². The van der Waals surface area contributed by atoms with Gasteiger partial charge in [0.2, 0.25) is 15.9 Å². The molecule has 2 aromatic rings. The largest absolute Gasteiger partial charge is 0.481 e. The zero-order valence-electron chi connectivity index (χ0n) is 13.5. The summed E-state index contributed by atoms with van der Waals surface area (Å²) in [5.41, 5.74) is 0.627. The van der Waals surface area contributed by atoms with Gasteiger partial charge in [-0.05, 0) is 24.3 Å². The highest BCUT2D eigenvalue weighted by Crippen LogP contribution is 2.16. The highest BCUT2D eigenvalue weighted by atomic mass is 32.2. The van der Waals surface area contributed by atoms with Gasteiger partial charge in [-0.1, -0.05) is 17.9 Å². The van der Waals surface area contributed by atoms with Gasteiger partial charge in [0.05, 0.1) is 6.54 Å². The topological polar surface area (TPSA) is 97.4 Å². The lowest BCUT2D eigenvalue weighted by atomic mass is 10.3. The maximum absolute atomic E-state index is 11.9. The predicted octanol–water partition coefficient (Wildman–Crippen LogP) is 1.40. The van der Waals surface area contributed by atoms with Crippen LogP contribution in [-0.2, 0) is 14.8 Å². The minimum atomic E-state index is -3.61. The quantitative estimate of drug-likeness (QED) is 0.760. The van der Waals surface area contributed by atoms with Crippen molar-refractivity contribution in [3.05, 3.63) is 48.8 Å². The Bertz CT molecular complexity index is 887. The molecule has 0 saturated carbocycles. The number of amides is 1. The Morgan fingerprint density at radius 2 is 2.08 bits per heavy atom. The molecule has 2 N–H and O–H groups in total. The van der Waals surface area contributed by atoms with Crippen LogP contribution >= 0.6 is 0 Å². The molecule has 0 spiro atoms. The number of anilines is 1. The average molecular weight is 359 g/mol. The van der Waals surface area contributed by atoms with Gasteiger partial charge in [0.1, 0.15) is 17.3 Å². The van der Waals surface area contributed by atoms with Crippen LogP contribution in [0.3, 0.4) is 0 Å². The Hall–Kier alpha value is -2.89. The number of hydrogen-bond donors (Lipinski definition) is 2. The lowest BCUT2D eigenvalue weighted by Crippen LogP contribution is -2.24. The first kappa shape index (κ1) is 18.4. The SMILES string of the molecule is CC(=O)Nc1cccc(OCC#CCNS(=O)(=O)c2cccnc2)c1. The van der Waals surface area contributed by atoms with Gasteiger partial charge in [-0.25, -0.2) is 8.42 Å². The monoisotopic (exact) mass is 359 g/mol. The van der Waals surface area contributed by atoms with Crippen LogP contribution in [0.2, 0.25) is 0 Å². The van der Waals surface area contributed by atoms with Gasteiger partial charge in [0, 0.05) is 31.1 Å². The van der Waals surface area contributed by atoms with Crippen molar-refractivity contribution in [2.45, 2.75) is 11.8 Å². The molecule has 1 amide bonds. The van der Waals surface area contributed by atoms with Gasteiger partial charge >= 0.3 is 0 Å². The van der Waals surface area contributed by atoms with Crippen LogP contribution in [0.25, 0.3) is 0 Å². The van der Waals surface area contributed by atoms with Gasteiger partial charge in [0.15, 0.2) is 0 Å². The molecule has 0 aliphatic heterocycles. The standard InChI is InChI=1S/C17H17N3O4S/c1-14(21)20-15-6-4-7-16(12-15)24-11-3-2-10-19-25(22,23)17-8-5-9-18-13-17/h4-9,12-13,19H,10-11H2,1H3,(H,20,21). The van der Waals surface area contributed by atoms with E-state index in [0.717, 1.165) is 0 Å². The molecule has 0 saturated heterocycles. The Labute approximate surface area is 146 Å². The van der Waals surface area contributed by atoms with E-state index in [1.807, 2.05) is 0 Å². The molecular formula is C17H17N3O4S. The maximum Gasteiger partial charge on any atom is 0.242 e. The number of benzene rings is 1. The molecule has 8 heteroatoms. The summed E-state index contributed by atoms with van der Waals surface area (Å²) >= 11 is 0. The molecule has 1 aromatic heterocycles. The number of carbonyl (C=O) groups excluding carboxylic acids is 1. The number of nitrogens with one attached hydrogen (secondary N) is 2. The van der Waals surface area contributed by atoms with Crippen molar-refractivity contribution in [2.24, 2.45) is 0 Å². The molecule has 25 heavy (non-hydrogen) atoms. The van der Waals surface area contributed by atoms with E-state index in [1.165, 1.54) is 25.4 Å². The third-order valence-electron chi connectivity index (χ3n) is 2.89. The number of pyridine rings is 1. The molecule has 0 bridgehead atoms. The summed E-state index contributed by atoms with van der Waals surface area (Å²) < 4.78 is 31.6. The average Bonchev–Trinajstić information content (AvgIpc) is 2.58. The summed E-state index contributed by atoms with van der Waals surface area (Å²) in [5.74, 6) is 5.77. The zero-order valence-corrected chi connectivity index (χ0v) is 14.3. The number of carbonyl (C=O) groups is 1. The van der Waals surface area contributed by atoms with Crippen molar-refractivity contribution in [1.82, 2.24) is 9.71 Å². The number of ether oxygens (including phenoxy) is 1. The third kappa shape index (κ3) is 6.25. The van der Waals surface area contributed by atoms with Gasteiger partial charge in [-0.2, -0.15) is 4.72 Å². The van der Waals surface area contributed by atoms with E-state index in [9.17, 15) is 13.2 Å². The number of rotatable bonds is 6. The molecule has 2 rings (SSSR count). The summed E-state index contributed by atoms with van der Waals surface area (Å²) in [6.07, 6.45) is 2.76. The predicted molar refractivity (Wildman–Crippen MR) is 93.4 cm³/mol. The molecule has 0 unspecified atom stereocenters. The molecule has 0 aliphatic carbocycles. The van der Waals surface area contributed by atoms with E-state index in [2.05, 4.69) is 26.9 Å². The smallest absolute Gasteiger partial charge is 0.242 e. The molecule has 130 valence electrons. The molecular weight excluding hydrogens is 342 g/mol. The summed E-state index contributed by atoms with van der Waals surface area (Å²) in [6.45, 7) is 1.48. The number of nitrogens with zero attached hydrogens (tertiary/aromatic N) is 1. The molecule has 0 fully saturated rings. The van der Waals surface area contributed by atoms with E-state index >= 15 is 0 Å². The van der Waals surface area contributed by atoms with Crippen LogP contribution in [0.1, 0.15) is 6.92 Å². The summed E-state index contributed by atoms with van der Waals surface area (Å²) in [5, 5.41) is 2.65. The summed E-state index contributed by atoms with van der Waals surface area (Å²) in [6, 6.07) is 9.90.